The summed E-state index contributed by atoms with van der Waals surface area (Å²) in [6, 6.07) is 12.8. The molecule has 154 valence electrons. The molecule has 0 bridgehead atoms. The fourth-order valence-electron chi connectivity index (χ4n) is 2.83. The van der Waals surface area contributed by atoms with E-state index < -0.39 is 5.97 Å². The van der Waals surface area contributed by atoms with Gasteiger partial charge in [0.25, 0.3) is 0 Å². The van der Waals surface area contributed by atoms with E-state index in [4.69, 9.17) is 44.6 Å². The summed E-state index contributed by atoms with van der Waals surface area (Å²) in [6.07, 6.45) is 1.52. The molecule has 8 heteroatoms. The molecule has 1 atom stereocenters. The molecular weight excluding hydrogens is 449 g/mol. The maximum Gasteiger partial charge on any atom is 0.335 e. The van der Waals surface area contributed by atoms with Gasteiger partial charge in [0.1, 0.15) is 10.8 Å². The van der Waals surface area contributed by atoms with E-state index in [0.717, 1.165) is 5.56 Å². The van der Waals surface area contributed by atoms with Crippen LogP contribution in [0.25, 0.3) is 0 Å². The summed E-state index contributed by atoms with van der Waals surface area (Å²) < 4.78 is 5.75. The lowest BCUT2D eigenvalue weighted by molar-refractivity contribution is 0.0696. The van der Waals surface area contributed by atoms with Crippen LogP contribution in [0.3, 0.4) is 0 Å². The van der Waals surface area contributed by atoms with Crippen molar-refractivity contribution < 1.29 is 19.4 Å². The zero-order valence-electron chi connectivity index (χ0n) is 15.7. The highest BCUT2D eigenvalue weighted by molar-refractivity contribution is 6.42. The smallest absolute Gasteiger partial charge is 0.335 e. The molecule has 0 fully saturated rings. The predicted molar refractivity (Wildman–Crippen MR) is 117 cm³/mol. The van der Waals surface area contributed by atoms with Gasteiger partial charge in [-0.1, -0.05) is 59.9 Å². The van der Waals surface area contributed by atoms with Crippen molar-refractivity contribution in [1.82, 2.24) is 4.98 Å². The molecule has 0 amide bonds. The van der Waals surface area contributed by atoms with Crippen LogP contribution in [-0.4, -0.2) is 21.8 Å². The molecule has 1 aromatic heterocycles. The second-order valence-electron chi connectivity index (χ2n) is 6.62. The highest BCUT2D eigenvalue weighted by Crippen LogP contribution is 2.36. The number of hydrogen-bond donors (Lipinski definition) is 1. The maximum absolute atomic E-state index is 13.0. The van der Waals surface area contributed by atoms with Gasteiger partial charge in [0.2, 0.25) is 5.88 Å². The van der Waals surface area contributed by atoms with Gasteiger partial charge in [-0.2, -0.15) is 0 Å². The van der Waals surface area contributed by atoms with Gasteiger partial charge in [0, 0.05) is 12.6 Å². The van der Waals surface area contributed by atoms with Crippen LogP contribution in [0.1, 0.15) is 45.5 Å². The first kappa shape index (κ1) is 22.1. The third-order valence-corrected chi connectivity index (χ3v) is 5.47. The first-order valence-electron chi connectivity index (χ1n) is 8.90. The second-order valence-corrected chi connectivity index (χ2v) is 7.84. The van der Waals surface area contributed by atoms with Crippen LogP contribution in [0.2, 0.25) is 15.1 Å². The van der Waals surface area contributed by atoms with Crippen molar-refractivity contribution in [3.8, 4) is 11.6 Å². The Bertz CT molecular complexity index is 1100. The van der Waals surface area contributed by atoms with Gasteiger partial charge in [-0.25, -0.2) is 9.78 Å². The van der Waals surface area contributed by atoms with Crippen molar-refractivity contribution in [1.29, 1.82) is 0 Å². The average molecular weight is 465 g/mol. The SMILES string of the molecule is C[C@H](CC(=O)c1cc(Cl)cnc1Oc1cccc(Cl)c1Cl)c1ccc(C(=O)O)cc1. The summed E-state index contributed by atoms with van der Waals surface area (Å²) >= 11 is 18.2. The van der Waals surface area contributed by atoms with Crippen molar-refractivity contribution in [3.63, 3.8) is 0 Å². The minimum absolute atomic E-state index is 0.0713. The number of Topliss-reactive ketones (excluding diaryl/α,β-unsaturated/α-hetero) is 1. The zero-order chi connectivity index (χ0) is 21.8. The van der Waals surface area contributed by atoms with Crippen LogP contribution in [0.5, 0.6) is 11.6 Å². The van der Waals surface area contributed by atoms with Gasteiger partial charge in [-0.3, -0.25) is 4.79 Å². The number of pyridine rings is 1. The molecule has 0 saturated heterocycles. The predicted octanol–water partition coefficient (Wildman–Crippen LogP) is 6.91. The van der Waals surface area contributed by atoms with Gasteiger partial charge in [-0.05, 0) is 41.8 Å². The molecule has 0 saturated carbocycles. The molecule has 0 radical (unpaired) electrons. The molecule has 2 aromatic carbocycles. The third kappa shape index (κ3) is 5.11. The number of carboxylic acids is 1. The minimum Gasteiger partial charge on any atom is -0.478 e. The van der Waals surface area contributed by atoms with Crippen LogP contribution in [-0.2, 0) is 0 Å². The van der Waals surface area contributed by atoms with Crippen molar-refractivity contribution in [2.24, 2.45) is 0 Å². The summed E-state index contributed by atoms with van der Waals surface area (Å²) in [4.78, 5) is 28.1. The molecule has 3 rings (SSSR count). The Morgan fingerprint density at radius 2 is 1.80 bits per heavy atom. The first-order valence-corrected chi connectivity index (χ1v) is 10.0. The molecule has 1 heterocycles. The third-order valence-electron chi connectivity index (χ3n) is 4.46. The minimum atomic E-state index is -1.00. The first-order chi connectivity index (χ1) is 14.3. The number of carbonyl (C=O) groups excluding carboxylic acids is 1. The largest absolute Gasteiger partial charge is 0.478 e. The van der Waals surface area contributed by atoms with Crippen molar-refractivity contribution in [2.45, 2.75) is 19.3 Å². The summed E-state index contributed by atoms with van der Waals surface area (Å²) in [5.41, 5.74) is 1.24. The Balaban J connectivity index is 1.83. The number of hydrogen-bond acceptors (Lipinski definition) is 4. The lowest BCUT2D eigenvalue weighted by Gasteiger charge is -2.14. The molecular formula is C22H16Cl3NO4. The van der Waals surface area contributed by atoms with Gasteiger partial charge in [0.15, 0.2) is 5.78 Å². The van der Waals surface area contributed by atoms with E-state index >= 15 is 0 Å². The van der Waals surface area contributed by atoms with Crippen molar-refractivity contribution >= 4 is 46.6 Å². The van der Waals surface area contributed by atoms with Crippen LogP contribution in [0.4, 0.5) is 0 Å². The lowest BCUT2D eigenvalue weighted by atomic mass is 9.93. The van der Waals surface area contributed by atoms with Gasteiger partial charge in [-0.15, -0.1) is 0 Å². The van der Waals surface area contributed by atoms with E-state index in [-0.39, 0.29) is 45.9 Å². The number of nitrogens with zero attached hydrogens (tertiary/aromatic N) is 1. The topological polar surface area (TPSA) is 76.5 Å². The maximum atomic E-state index is 13.0. The Hall–Kier alpha value is -2.60. The van der Waals surface area contributed by atoms with Crippen LogP contribution in [0.15, 0.2) is 54.7 Å². The number of carbonyl (C=O) groups is 2. The van der Waals surface area contributed by atoms with Gasteiger partial charge >= 0.3 is 5.97 Å². The van der Waals surface area contributed by atoms with E-state index in [2.05, 4.69) is 4.98 Å². The number of aromatic carboxylic acids is 1. The van der Waals surface area contributed by atoms with Crippen LogP contribution in [0, 0.1) is 0 Å². The monoisotopic (exact) mass is 463 g/mol. The van der Waals surface area contributed by atoms with Gasteiger partial charge in [0.05, 0.1) is 21.2 Å². The van der Waals surface area contributed by atoms with E-state index in [0.29, 0.717) is 10.0 Å². The second kappa shape index (κ2) is 9.47. The number of aromatic nitrogens is 1. The van der Waals surface area contributed by atoms with Crippen LogP contribution >= 0.6 is 34.8 Å². The molecule has 0 aliphatic carbocycles. The summed E-state index contributed by atoms with van der Waals surface area (Å²) in [5, 5.41) is 9.83. The van der Waals surface area contributed by atoms with E-state index in [1.807, 2.05) is 6.92 Å². The van der Waals surface area contributed by atoms with Crippen molar-refractivity contribution in [2.75, 3.05) is 0 Å². The molecule has 0 spiro atoms. The lowest BCUT2D eigenvalue weighted by Crippen LogP contribution is -2.08. The Morgan fingerprint density at radius 3 is 2.47 bits per heavy atom. The normalized spacial score (nSPS) is 11.7. The quantitative estimate of drug-likeness (QED) is 0.384. The molecule has 1 N–H and O–H groups in total. The number of ketones is 1. The molecule has 3 aromatic rings. The summed E-state index contributed by atoms with van der Waals surface area (Å²) in [6.45, 7) is 1.88. The highest BCUT2D eigenvalue weighted by atomic mass is 35.5. The van der Waals surface area contributed by atoms with Crippen LogP contribution < -0.4 is 4.74 Å². The standard InChI is InChI=1S/C22H16Cl3NO4/c1-12(13-5-7-14(8-6-13)22(28)29)9-18(27)16-10-15(23)11-26-21(16)30-19-4-2-3-17(24)20(19)25/h2-8,10-12H,9H2,1H3,(H,28,29)/t12-/m1/s1. The van der Waals surface area contributed by atoms with E-state index in [9.17, 15) is 9.59 Å². The fraction of sp³-hybridized carbons (Fsp3) is 0.136. The molecule has 0 unspecified atom stereocenters. The number of ether oxygens (including phenoxy) is 1. The zero-order valence-corrected chi connectivity index (χ0v) is 18.0. The molecule has 0 aliphatic rings. The molecule has 30 heavy (non-hydrogen) atoms. The fourth-order valence-corrected chi connectivity index (χ4v) is 3.32. The number of benzene rings is 2. The summed E-state index contributed by atoms with van der Waals surface area (Å²) in [5.74, 6) is -1.06. The number of carboxylic acid groups (broad SMARTS) is 1. The Kier molecular flexibility index (Phi) is 6.98. The van der Waals surface area contributed by atoms with Gasteiger partial charge < -0.3 is 9.84 Å². The number of halogens is 3. The number of rotatable bonds is 7. The van der Waals surface area contributed by atoms with E-state index in [1.165, 1.54) is 24.4 Å². The Labute approximate surface area is 188 Å². The summed E-state index contributed by atoms with van der Waals surface area (Å²) in [7, 11) is 0. The van der Waals surface area contributed by atoms with E-state index in [1.54, 1.807) is 30.3 Å². The highest BCUT2D eigenvalue weighted by Gasteiger charge is 2.20. The molecule has 5 nitrogen and oxygen atoms in total. The molecule has 0 aliphatic heterocycles. The van der Waals surface area contributed by atoms with Crippen molar-refractivity contribution in [3.05, 3.63) is 86.5 Å². The average Bonchev–Trinajstić information content (AvgIpc) is 2.72. The Morgan fingerprint density at radius 1 is 1.10 bits per heavy atom.